The SMILES string of the molecule is CCC(=O)c1ccc2c(c1)OCO2.Cl. The minimum atomic E-state index is 0. The number of Topliss-reactive ketones (excluding diaryl/α,β-unsaturated/α-hetero) is 1. The van der Waals surface area contributed by atoms with Crippen LogP contribution in [0.3, 0.4) is 0 Å². The zero-order valence-electron chi connectivity index (χ0n) is 7.78. The Balaban J connectivity index is 0.000000980. The minimum Gasteiger partial charge on any atom is -0.454 e. The van der Waals surface area contributed by atoms with Crippen LogP contribution in [0.15, 0.2) is 18.2 Å². The molecule has 0 aromatic heterocycles. The summed E-state index contributed by atoms with van der Waals surface area (Å²) in [6.07, 6.45) is 0.514. The number of hydrogen-bond donors (Lipinski definition) is 0. The Morgan fingerprint density at radius 2 is 2.07 bits per heavy atom. The summed E-state index contributed by atoms with van der Waals surface area (Å²) in [4.78, 5) is 11.3. The van der Waals surface area contributed by atoms with E-state index >= 15 is 0 Å². The summed E-state index contributed by atoms with van der Waals surface area (Å²) >= 11 is 0. The molecule has 1 heterocycles. The summed E-state index contributed by atoms with van der Waals surface area (Å²) in [6, 6.07) is 5.26. The number of hydrogen-bond acceptors (Lipinski definition) is 3. The van der Waals surface area contributed by atoms with E-state index < -0.39 is 0 Å². The highest BCUT2D eigenvalue weighted by Gasteiger charge is 2.14. The van der Waals surface area contributed by atoms with Crippen LogP contribution in [0.25, 0.3) is 0 Å². The Bertz CT molecular complexity index is 349. The summed E-state index contributed by atoms with van der Waals surface area (Å²) in [6.45, 7) is 2.09. The molecule has 0 bridgehead atoms. The van der Waals surface area contributed by atoms with Crippen molar-refractivity contribution in [2.75, 3.05) is 6.79 Å². The average molecular weight is 215 g/mol. The lowest BCUT2D eigenvalue weighted by molar-refractivity contribution is 0.0987. The molecular formula is C10H11ClO3. The normalized spacial score (nSPS) is 12.1. The van der Waals surface area contributed by atoms with Crippen LogP contribution in [-0.4, -0.2) is 12.6 Å². The van der Waals surface area contributed by atoms with Gasteiger partial charge in [-0.1, -0.05) is 6.92 Å². The van der Waals surface area contributed by atoms with Gasteiger partial charge in [-0.2, -0.15) is 0 Å². The molecule has 1 aliphatic heterocycles. The van der Waals surface area contributed by atoms with E-state index in [1.54, 1.807) is 18.2 Å². The Kier molecular flexibility index (Phi) is 3.36. The zero-order chi connectivity index (χ0) is 9.26. The lowest BCUT2D eigenvalue weighted by Crippen LogP contribution is -1.95. The molecule has 0 radical (unpaired) electrons. The second kappa shape index (κ2) is 4.33. The predicted molar refractivity (Wildman–Crippen MR) is 54.4 cm³/mol. The maximum absolute atomic E-state index is 11.3. The van der Waals surface area contributed by atoms with Gasteiger partial charge in [0.2, 0.25) is 6.79 Å². The van der Waals surface area contributed by atoms with E-state index in [9.17, 15) is 4.79 Å². The van der Waals surface area contributed by atoms with Crippen LogP contribution >= 0.6 is 12.4 Å². The molecule has 0 fully saturated rings. The van der Waals surface area contributed by atoms with E-state index in [0.29, 0.717) is 23.5 Å². The third-order valence-corrected chi connectivity index (χ3v) is 2.02. The fourth-order valence-corrected chi connectivity index (χ4v) is 1.27. The molecular weight excluding hydrogens is 204 g/mol. The lowest BCUT2D eigenvalue weighted by Gasteiger charge is -1.99. The summed E-state index contributed by atoms with van der Waals surface area (Å²) in [5.74, 6) is 1.50. The Morgan fingerprint density at radius 1 is 1.36 bits per heavy atom. The Hall–Kier alpha value is -1.22. The van der Waals surface area contributed by atoms with Gasteiger partial charge in [-0.15, -0.1) is 12.4 Å². The Labute approximate surface area is 88.4 Å². The molecule has 2 rings (SSSR count). The van der Waals surface area contributed by atoms with Gasteiger partial charge in [-0.05, 0) is 18.2 Å². The fraction of sp³-hybridized carbons (Fsp3) is 0.300. The number of halogens is 1. The quantitative estimate of drug-likeness (QED) is 0.710. The maximum Gasteiger partial charge on any atom is 0.231 e. The van der Waals surface area contributed by atoms with Crippen molar-refractivity contribution in [2.24, 2.45) is 0 Å². The van der Waals surface area contributed by atoms with Gasteiger partial charge in [0.15, 0.2) is 17.3 Å². The van der Waals surface area contributed by atoms with Gasteiger partial charge in [0, 0.05) is 12.0 Å². The molecule has 3 nitrogen and oxygen atoms in total. The molecule has 76 valence electrons. The van der Waals surface area contributed by atoms with Crippen LogP contribution in [-0.2, 0) is 0 Å². The molecule has 1 aliphatic rings. The molecule has 1 aromatic rings. The third kappa shape index (κ3) is 1.82. The van der Waals surface area contributed by atoms with Crippen molar-refractivity contribution in [1.29, 1.82) is 0 Å². The van der Waals surface area contributed by atoms with Gasteiger partial charge in [-0.25, -0.2) is 0 Å². The number of rotatable bonds is 2. The van der Waals surface area contributed by atoms with Crippen molar-refractivity contribution >= 4 is 18.2 Å². The van der Waals surface area contributed by atoms with Crippen LogP contribution in [0.2, 0.25) is 0 Å². The first-order valence-electron chi connectivity index (χ1n) is 4.24. The first kappa shape index (κ1) is 10.9. The van der Waals surface area contributed by atoms with E-state index in [1.165, 1.54) is 0 Å². The zero-order valence-corrected chi connectivity index (χ0v) is 8.60. The minimum absolute atomic E-state index is 0. The van der Waals surface area contributed by atoms with Crippen molar-refractivity contribution in [3.05, 3.63) is 23.8 Å². The summed E-state index contributed by atoms with van der Waals surface area (Å²) in [5.41, 5.74) is 0.687. The predicted octanol–water partition coefficient (Wildman–Crippen LogP) is 2.43. The number of ether oxygens (including phenoxy) is 2. The highest BCUT2D eigenvalue weighted by Crippen LogP contribution is 2.32. The highest BCUT2D eigenvalue weighted by atomic mass is 35.5. The maximum atomic E-state index is 11.3. The van der Waals surface area contributed by atoms with Crippen molar-refractivity contribution in [3.63, 3.8) is 0 Å². The third-order valence-electron chi connectivity index (χ3n) is 2.02. The standard InChI is InChI=1S/C10H10O3.ClH/c1-2-8(11)7-3-4-9-10(5-7)13-6-12-9;/h3-5H,2,6H2,1H3;1H. The van der Waals surface area contributed by atoms with Crippen molar-refractivity contribution in [1.82, 2.24) is 0 Å². The molecule has 0 saturated heterocycles. The molecule has 0 saturated carbocycles. The molecule has 0 aliphatic carbocycles. The highest BCUT2D eigenvalue weighted by molar-refractivity contribution is 5.96. The molecule has 0 atom stereocenters. The van der Waals surface area contributed by atoms with Crippen LogP contribution in [0.1, 0.15) is 23.7 Å². The van der Waals surface area contributed by atoms with E-state index in [1.807, 2.05) is 6.92 Å². The molecule has 0 N–H and O–H groups in total. The molecule has 4 heteroatoms. The molecule has 14 heavy (non-hydrogen) atoms. The van der Waals surface area contributed by atoms with Crippen LogP contribution < -0.4 is 9.47 Å². The van der Waals surface area contributed by atoms with Crippen molar-refractivity contribution in [3.8, 4) is 11.5 Å². The van der Waals surface area contributed by atoms with Gasteiger partial charge in [-0.3, -0.25) is 4.79 Å². The van der Waals surface area contributed by atoms with Crippen LogP contribution in [0.5, 0.6) is 11.5 Å². The van der Waals surface area contributed by atoms with Gasteiger partial charge in [0.05, 0.1) is 0 Å². The first-order valence-corrected chi connectivity index (χ1v) is 4.24. The second-order valence-electron chi connectivity index (χ2n) is 2.84. The topological polar surface area (TPSA) is 35.5 Å². The van der Waals surface area contributed by atoms with E-state index in [-0.39, 0.29) is 25.0 Å². The first-order chi connectivity index (χ1) is 6.31. The van der Waals surface area contributed by atoms with E-state index in [2.05, 4.69) is 0 Å². The Morgan fingerprint density at radius 3 is 2.79 bits per heavy atom. The lowest BCUT2D eigenvalue weighted by atomic mass is 10.1. The van der Waals surface area contributed by atoms with Gasteiger partial charge in [0.1, 0.15) is 0 Å². The molecule has 0 unspecified atom stereocenters. The van der Waals surface area contributed by atoms with E-state index in [0.717, 1.165) is 0 Å². The summed E-state index contributed by atoms with van der Waals surface area (Å²) in [5, 5.41) is 0. The number of carbonyl (C=O) groups excluding carboxylic acids is 1. The van der Waals surface area contributed by atoms with Gasteiger partial charge in [0.25, 0.3) is 0 Å². The average Bonchev–Trinajstić information content (AvgIpc) is 2.63. The largest absolute Gasteiger partial charge is 0.454 e. The van der Waals surface area contributed by atoms with Crippen LogP contribution in [0, 0.1) is 0 Å². The second-order valence-corrected chi connectivity index (χ2v) is 2.84. The summed E-state index contributed by atoms with van der Waals surface area (Å²) in [7, 11) is 0. The molecule has 0 amide bonds. The smallest absolute Gasteiger partial charge is 0.231 e. The van der Waals surface area contributed by atoms with E-state index in [4.69, 9.17) is 9.47 Å². The van der Waals surface area contributed by atoms with Gasteiger partial charge < -0.3 is 9.47 Å². The van der Waals surface area contributed by atoms with Crippen molar-refractivity contribution in [2.45, 2.75) is 13.3 Å². The number of fused-ring (bicyclic) bond motifs is 1. The monoisotopic (exact) mass is 214 g/mol. The van der Waals surface area contributed by atoms with Crippen LogP contribution in [0.4, 0.5) is 0 Å². The summed E-state index contributed by atoms with van der Waals surface area (Å²) < 4.78 is 10.3. The number of carbonyl (C=O) groups is 1. The molecule has 1 aromatic carbocycles. The van der Waals surface area contributed by atoms with Crippen molar-refractivity contribution < 1.29 is 14.3 Å². The fourth-order valence-electron chi connectivity index (χ4n) is 1.27. The number of benzene rings is 1. The molecule has 0 spiro atoms. The number of ketones is 1. The van der Waals surface area contributed by atoms with Gasteiger partial charge >= 0.3 is 0 Å².